The average Bonchev–Trinajstić information content (AvgIpc) is 2.61. The van der Waals surface area contributed by atoms with Crippen molar-refractivity contribution in [2.24, 2.45) is 0 Å². The lowest BCUT2D eigenvalue weighted by molar-refractivity contribution is -0.136. The third kappa shape index (κ3) is 1.63. The Morgan fingerprint density at radius 1 is 1.60 bits per heavy atom. The van der Waals surface area contributed by atoms with Gasteiger partial charge in [0.05, 0.1) is 0 Å². The smallest absolute Gasteiger partial charge is 0.323 e. The number of rotatable bonds is 2. The van der Waals surface area contributed by atoms with Crippen LogP contribution in [0.4, 0.5) is 0 Å². The van der Waals surface area contributed by atoms with Gasteiger partial charge in [-0.15, -0.1) is 0 Å². The van der Waals surface area contributed by atoms with Crippen LogP contribution in [0.3, 0.4) is 0 Å². The molecule has 1 unspecified atom stereocenters. The minimum Gasteiger partial charge on any atom is -0.480 e. The summed E-state index contributed by atoms with van der Waals surface area (Å²) in [5, 5.41) is 13.4. The van der Waals surface area contributed by atoms with Crippen LogP contribution in [-0.2, 0) is 4.79 Å². The molecule has 15 heavy (non-hydrogen) atoms. The normalized spacial score (nSPS) is 12.9. The van der Waals surface area contributed by atoms with Gasteiger partial charge < -0.3 is 9.63 Å². The number of para-hydroxylation sites is 1. The molecule has 2 rings (SSSR count). The average molecular weight is 270 g/mol. The van der Waals surface area contributed by atoms with E-state index in [0.29, 0.717) is 11.3 Å². The Labute approximate surface area is 94.0 Å². The minimum atomic E-state index is -0.980. The topological polar surface area (TPSA) is 63.3 Å². The van der Waals surface area contributed by atoms with E-state index in [4.69, 9.17) is 9.63 Å². The van der Waals surface area contributed by atoms with Gasteiger partial charge in [-0.25, -0.2) is 0 Å². The fraction of sp³-hybridized carbons (Fsp3) is 0.200. The minimum absolute atomic E-state index is 0.404. The van der Waals surface area contributed by atoms with Crippen LogP contribution in [-0.4, -0.2) is 16.2 Å². The first-order valence-corrected chi connectivity index (χ1v) is 5.24. The molecule has 1 heterocycles. The second-order valence-corrected chi connectivity index (χ2v) is 4.14. The second-order valence-electron chi connectivity index (χ2n) is 3.22. The van der Waals surface area contributed by atoms with Crippen molar-refractivity contribution < 1.29 is 14.4 Å². The molecule has 2 aromatic rings. The highest BCUT2D eigenvalue weighted by Gasteiger charge is 2.23. The molecule has 0 spiro atoms. The quantitative estimate of drug-likeness (QED) is 0.852. The van der Waals surface area contributed by atoms with Crippen molar-refractivity contribution >= 4 is 32.9 Å². The van der Waals surface area contributed by atoms with Crippen LogP contribution in [0.2, 0.25) is 0 Å². The number of aliphatic carboxylic acids is 1. The lowest BCUT2D eigenvalue weighted by Crippen LogP contribution is -2.04. The fourth-order valence-electron chi connectivity index (χ4n) is 1.42. The number of aromatic nitrogens is 1. The number of nitrogens with zero attached hydrogens (tertiary/aromatic N) is 1. The molecule has 0 radical (unpaired) electrons. The number of carboxylic acid groups (broad SMARTS) is 1. The van der Waals surface area contributed by atoms with E-state index >= 15 is 0 Å². The molecule has 5 heteroatoms. The first-order chi connectivity index (χ1) is 7.11. The summed E-state index contributed by atoms with van der Waals surface area (Å²) < 4.78 is 5.11. The monoisotopic (exact) mass is 269 g/mol. The van der Waals surface area contributed by atoms with Gasteiger partial charge in [-0.2, -0.15) is 0 Å². The van der Waals surface area contributed by atoms with Gasteiger partial charge >= 0.3 is 5.97 Å². The molecule has 4 nitrogen and oxygen atoms in total. The van der Waals surface area contributed by atoms with Gasteiger partial charge in [-0.3, -0.25) is 4.79 Å². The molecule has 1 aromatic carbocycles. The molecule has 0 aliphatic carbocycles. The van der Waals surface area contributed by atoms with Crippen LogP contribution in [0.5, 0.6) is 0 Å². The number of halogens is 1. The molecule has 0 fully saturated rings. The third-order valence-corrected chi connectivity index (χ3v) is 3.01. The van der Waals surface area contributed by atoms with Crippen LogP contribution in [0.1, 0.15) is 16.1 Å². The van der Waals surface area contributed by atoms with Crippen LogP contribution >= 0.6 is 15.9 Å². The molecule has 1 N–H and O–H groups in total. The van der Waals surface area contributed by atoms with E-state index in [9.17, 15) is 4.79 Å². The van der Waals surface area contributed by atoms with Crippen LogP contribution < -0.4 is 0 Å². The standard InChI is InChI=1S/C10H8BrNO3/c1-5-3-2-4-6-8(7(11)10(13)14)12-15-9(5)6/h2-4,7H,1H3,(H,13,14). The number of hydrogen-bond acceptors (Lipinski definition) is 3. The fourth-order valence-corrected chi connectivity index (χ4v) is 1.75. The first kappa shape index (κ1) is 10.2. The first-order valence-electron chi connectivity index (χ1n) is 4.33. The molecule has 1 aromatic heterocycles. The highest BCUT2D eigenvalue weighted by Crippen LogP contribution is 2.30. The van der Waals surface area contributed by atoms with Crippen molar-refractivity contribution in [3.05, 3.63) is 29.5 Å². The lowest BCUT2D eigenvalue weighted by Gasteiger charge is -1.99. The Morgan fingerprint density at radius 3 is 3.00 bits per heavy atom. The van der Waals surface area contributed by atoms with Gasteiger partial charge in [-0.05, 0) is 18.6 Å². The molecule has 0 saturated heterocycles. The molecular formula is C10H8BrNO3. The van der Waals surface area contributed by atoms with Crippen LogP contribution in [0.15, 0.2) is 22.7 Å². The predicted molar refractivity (Wildman–Crippen MR) is 58.0 cm³/mol. The molecule has 0 aliphatic rings. The van der Waals surface area contributed by atoms with E-state index in [1.54, 1.807) is 6.07 Å². The number of aryl methyl sites for hydroxylation is 1. The van der Waals surface area contributed by atoms with E-state index in [1.165, 1.54) is 0 Å². The molecular weight excluding hydrogens is 262 g/mol. The number of benzene rings is 1. The maximum absolute atomic E-state index is 10.8. The lowest BCUT2D eigenvalue weighted by atomic mass is 10.1. The summed E-state index contributed by atoms with van der Waals surface area (Å²) in [7, 11) is 0. The Morgan fingerprint density at radius 2 is 2.33 bits per heavy atom. The van der Waals surface area contributed by atoms with E-state index in [0.717, 1.165) is 10.9 Å². The van der Waals surface area contributed by atoms with Gasteiger partial charge in [0.2, 0.25) is 0 Å². The Hall–Kier alpha value is -1.36. The van der Waals surface area contributed by atoms with Crippen molar-refractivity contribution in [2.75, 3.05) is 0 Å². The molecule has 0 bridgehead atoms. The van der Waals surface area contributed by atoms with E-state index in [-0.39, 0.29) is 0 Å². The largest absolute Gasteiger partial charge is 0.480 e. The molecule has 1 atom stereocenters. The number of carboxylic acids is 1. The Balaban J connectivity index is 2.64. The molecule has 0 amide bonds. The van der Waals surface area contributed by atoms with Crippen LogP contribution in [0.25, 0.3) is 11.0 Å². The Bertz CT molecular complexity index is 520. The van der Waals surface area contributed by atoms with E-state index in [2.05, 4.69) is 21.1 Å². The Kier molecular flexibility index (Phi) is 2.48. The summed E-state index contributed by atoms with van der Waals surface area (Å²) in [6, 6.07) is 5.53. The van der Waals surface area contributed by atoms with E-state index < -0.39 is 10.8 Å². The van der Waals surface area contributed by atoms with Crippen molar-refractivity contribution in [2.45, 2.75) is 11.8 Å². The zero-order chi connectivity index (χ0) is 11.0. The highest BCUT2D eigenvalue weighted by atomic mass is 79.9. The van der Waals surface area contributed by atoms with E-state index in [1.807, 2.05) is 19.1 Å². The van der Waals surface area contributed by atoms with Crippen molar-refractivity contribution in [3.8, 4) is 0 Å². The SMILES string of the molecule is Cc1cccc2c(C(Br)C(=O)O)noc12. The zero-order valence-electron chi connectivity index (χ0n) is 7.90. The molecule has 78 valence electrons. The molecule has 0 aliphatic heterocycles. The summed E-state index contributed by atoms with van der Waals surface area (Å²) in [5.74, 6) is -0.980. The highest BCUT2D eigenvalue weighted by molar-refractivity contribution is 9.09. The molecule has 0 saturated carbocycles. The number of fused-ring (bicyclic) bond motifs is 1. The number of alkyl halides is 1. The van der Waals surface area contributed by atoms with Gasteiger partial charge in [-0.1, -0.05) is 33.2 Å². The van der Waals surface area contributed by atoms with Gasteiger partial charge in [0, 0.05) is 5.39 Å². The van der Waals surface area contributed by atoms with Gasteiger partial charge in [0.25, 0.3) is 0 Å². The predicted octanol–water partition coefficient (Wildman–Crippen LogP) is 2.66. The van der Waals surface area contributed by atoms with Crippen molar-refractivity contribution in [1.82, 2.24) is 5.16 Å². The summed E-state index contributed by atoms with van der Waals surface area (Å²) >= 11 is 3.05. The number of carbonyl (C=O) groups is 1. The summed E-state index contributed by atoms with van der Waals surface area (Å²) in [4.78, 5) is 9.96. The van der Waals surface area contributed by atoms with Gasteiger partial charge in [0.15, 0.2) is 10.4 Å². The number of hydrogen-bond donors (Lipinski definition) is 1. The second kappa shape index (κ2) is 3.66. The van der Waals surface area contributed by atoms with Crippen molar-refractivity contribution in [3.63, 3.8) is 0 Å². The zero-order valence-corrected chi connectivity index (χ0v) is 9.48. The van der Waals surface area contributed by atoms with Crippen LogP contribution in [0, 0.1) is 6.92 Å². The summed E-state index contributed by atoms with van der Waals surface area (Å²) in [5.41, 5.74) is 1.98. The maximum Gasteiger partial charge on any atom is 0.323 e. The maximum atomic E-state index is 10.8. The van der Waals surface area contributed by atoms with Gasteiger partial charge in [0.1, 0.15) is 5.69 Å². The third-order valence-electron chi connectivity index (χ3n) is 2.18. The van der Waals surface area contributed by atoms with Crippen molar-refractivity contribution in [1.29, 1.82) is 0 Å². The summed E-state index contributed by atoms with van der Waals surface area (Å²) in [6.07, 6.45) is 0. The summed E-state index contributed by atoms with van der Waals surface area (Å²) in [6.45, 7) is 1.89.